The van der Waals surface area contributed by atoms with Crippen LogP contribution in [0, 0.1) is 0 Å². The Balaban J connectivity index is 1.68. The number of thiophene rings is 1. The second-order valence-electron chi connectivity index (χ2n) is 4.48. The molecule has 0 saturated heterocycles. The van der Waals surface area contributed by atoms with Crippen molar-refractivity contribution >= 4 is 29.3 Å². The number of carbonyl (C=O) groups is 1. The van der Waals surface area contributed by atoms with Gasteiger partial charge in [0.05, 0.1) is 7.11 Å². The van der Waals surface area contributed by atoms with Crippen molar-refractivity contribution in [2.24, 2.45) is 0 Å². The maximum atomic E-state index is 11.8. The van der Waals surface area contributed by atoms with Gasteiger partial charge in [-0.25, -0.2) is 0 Å². The van der Waals surface area contributed by atoms with Crippen LogP contribution in [-0.2, 0) is 4.79 Å². The van der Waals surface area contributed by atoms with E-state index in [4.69, 9.17) is 9.15 Å². The fourth-order valence-electron chi connectivity index (χ4n) is 1.84. The average molecular weight is 327 g/mol. The molecule has 116 valence electrons. The number of methoxy groups -OCH3 is 1. The van der Waals surface area contributed by atoms with Crippen molar-refractivity contribution in [1.82, 2.24) is 10.2 Å². The Labute approximate surface area is 136 Å². The summed E-state index contributed by atoms with van der Waals surface area (Å²) in [5.74, 6) is 0.658. The van der Waals surface area contributed by atoms with Crippen LogP contribution >= 0.6 is 11.3 Å². The number of carbonyl (C=O) groups excluding carboxylic acids is 1. The maximum absolute atomic E-state index is 11.8. The summed E-state index contributed by atoms with van der Waals surface area (Å²) in [4.78, 5) is 12.8. The van der Waals surface area contributed by atoms with Crippen molar-refractivity contribution in [3.05, 3.63) is 52.7 Å². The molecule has 0 aliphatic heterocycles. The molecule has 1 aromatic carbocycles. The molecule has 2 heterocycles. The summed E-state index contributed by atoms with van der Waals surface area (Å²) >= 11 is 1.55. The second-order valence-corrected chi connectivity index (χ2v) is 5.46. The van der Waals surface area contributed by atoms with Gasteiger partial charge in [0.25, 0.3) is 5.91 Å². The van der Waals surface area contributed by atoms with E-state index in [0.717, 1.165) is 4.88 Å². The molecular weight excluding hydrogens is 314 g/mol. The van der Waals surface area contributed by atoms with Gasteiger partial charge >= 0.3 is 6.01 Å². The molecular formula is C16H13N3O3S. The SMILES string of the molecule is COc1cccc(-c2nnc(NC(=O)/C=C/c3cccs3)o2)c1. The predicted octanol–water partition coefficient (Wildman–Crippen LogP) is 3.46. The van der Waals surface area contributed by atoms with E-state index < -0.39 is 0 Å². The summed E-state index contributed by atoms with van der Waals surface area (Å²) in [6.45, 7) is 0. The number of aromatic nitrogens is 2. The largest absolute Gasteiger partial charge is 0.497 e. The molecule has 0 saturated carbocycles. The van der Waals surface area contributed by atoms with Crippen molar-refractivity contribution in [3.8, 4) is 17.2 Å². The predicted molar refractivity (Wildman–Crippen MR) is 88.3 cm³/mol. The zero-order valence-corrected chi connectivity index (χ0v) is 13.0. The van der Waals surface area contributed by atoms with Gasteiger partial charge in [0.1, 0.15) is 5.75 Å². The van der Waals surface area contributed by atoms with Crippen LogP contribution in [-0.4, -0.2) is 23.2 Å². The first-order chi connectivity index (χ1) is 11.2. The number of nitrogens with zero attached hydrogens (tertiary/aromatic N) is 2. The van der Waals surface area contributed by atoms with Gasteiger partial charge in [-0.05, 0) is 35.7 Å². The topological polar surface area (TPSA) is 77.3 Å². The van der Waals surface area contributed by atoms with Gasteiger partial charge < -0.3 is 9.15 Å². The Morgan fingerprint density at radius 1 is 1.30 bits per heavy atom. The highest BCUT2D eigenvalue weighted by molar-refractivity contribution is 7.10. The lowest BCUT2D eigenvalue weighted by atomic mass is 10.2. The van der Waals surface area contributed by atoms with E-state index in [-0.39, 0.29) is 11.9 Å². The summed E-state index contributed by atoms with van der Waals surface area (Å²) in [5, 5.41) is 12.2. The number of hydrogen-bond donors (Lipinski definition) is 1. The molecule has 3 aromatic rings. The molecule has 23 heavy (non-hydrogen) atoms. The lowest BCUT2D eigenvalue weighted by Gasteiger charge is -2.00. The highest BCUT2D eigenvalue weighted by atomic mass is 32.1. The zero-order chi connectivity index (χ0) is 16.1. The highest BCUT2D eigenvalue weighted by Gasteiger charge is 2.10. The Bertz CT molecular complexity index is 825. The monoisotopic (exact) mass is 327 g/mol. The number of ether oxygens (including phenoxy) is 1. The van der Waals surface area contributed by atoms with Crippen LogP contribution in [0.1, 0.15) is 4.88 Å². The van der Waals surface area contributed by atoms with Crippen molar-refractivity contribution in [2.45, 2.75) is 0 Å². The maximum Gasteiger partial charge on any atom is 0.322 e. The fraction of sp³-hybridized carbons (Fsp3) is 0.0625. The lowest BCUT2D eigenvalue weighted by molar-refractivity contribution is -0.112. The number of benzene rings is 1. The van der Waals surface area contributed by atoms with Gasteiger partial charge in [-0.2, -0.15) is 0 Å². The van der Waals surface area contributed by atoms with E-state index in [1.54, 1.807) is 30.6 Å². The van der Waals surface area contributed by atoms with Crippen molar-refractivity contribution in [3.63, 3.8) is 0 Å². The van der Waals surface area contributed by atoms with Gasteiger partial charge in [0, 0.05) is 16.5 Å². The number of nitrogens with one attached hydrogen (secondary N) is 1. The van der Waals surface area contributed by atoms with Crippen LogP contribution < -0.4 is 10.1 Å². The third-order valence-corrected chi connectivity index (χ3v) is 3.75. The molecule has 0 fully saturated rings. The molecule has 0 atom stereocenters. The zero-order valence-electron chi connectivity index (χ0n) is 12.2. The van der Waals surface area contributed by atoms with Gasteiger partial charge in [0.2, 0.25) is 5.89 Å². The quantitative estimate of drug-likeness (QED) is 0.726. The summed E-state index contributed by atoms with van der Waals surface area (Å²) in [6.07, 6.45) is 3.14. The van der Waals surface area contributed by atoms with Crippen LogP contribution in [0.25, 0.3) is 17.5 Å². The van der Waals surface area contributed by atoms with Crippen LogP contribution in [0.3, 0.4) is 0 Å². The molecule has 7 heteroatoms. The van der Waals surface area contributed by atoms with Crippen LogP contribution in [0.15, 0.2) is 52.3 Å². The third kappa shape index (κ3) is 3.83. The molecule has 0 unspecified atom stereocenters. The van der Waals surface area contributed by atoms with E-state index in [1.807, 2.05) is 35.7 Å². The van der Waals surface area contributed by atoms with Gasteiger partial charge in [0.15, 0.2) is 0 Å². The van der Waals surface area contributed by atoms with Crippen LogP contribution in [0.5, 0.6) is 5.75 Å². The molecule has 6 nitrogen and oxygen atoms in total. The number of anilines is 1. The van der Waals surface area contributed by atoms with Gasteiger partial charge in [-0.1, -0.05) is 17.2 Å². The Kier molecular flexibility index (Phi) is 4.49. The molecule has 0 radical (unpaired) electrons. The molecule has 1 N–H and O–H groups in total. The highest BCUT2D eigenvalue weighted by Crippen LogP contribution is 2.23. The third-order valence-electron chi connectivity index (χ3n) is 2.91. The summed E-state index contributed by atoms with van der Waals surface area (Å²) < 4.78 is 10.6. The first-order valence-corrected chi connectivity index (χ1v) is 7.63. The molecule has 0 spiro atoms. The summed E-state index contributed by atoms with van der Waals surface area (Å²) in [7, 11) is 1.58. The molecule has 0 aliphatic rings. The van der Waals surface area contributed by atoms with E-state index in [1.165, 1.54) is 6.08 Å². The first-order valence-electron chi connectivity index (χ1n) is 6.75. The molecule has 1 amide bonds. The van der Waals surface area contributed by atoms with Crippen molar-refractivity contribution in [2.75, 3.05) is 12.4 Å². The molecule has 2 aromatic heterocycles. The second kappa shape index (κ2) is 6.89. The van der Waals surface area contributed by atoms with Gasteiger partial charge in [-0.3, -0.25) is 10.1 Å². The fourth-order valence-corrected chi connectivity index (χ4v) is 2.46. The Morgan fingerprint density at radius 2 is 2.22 bits per heavy atom. The standard InChI is InChI=1S/C16H13N3O3S/c1-21-12-5-2-4-11(10-12)15-18-19-16(22-15)17-14(20)8-7-13-6-3-9-23-13/h2-10H,1H3,(H,17,19,20)/b8-7+. The lowest BCUT2D eigenvalue weighted by Crippen LogP contribution is -2.07. The van der Waals surface area contributed by atoms with E-state index in [9.17, 15) is 4.79 Å². The van der Waals surface area contributed by atoms with Crippen LogP contribution in [0.2, 0.25) is 0 Å². The minimum atomic E-state index is -0.334. The molecule has 3 rings (SSSR count). The first kappa shape index (κ1) is 15.0. The Morgan fingerprint density at radius 3 is 3.00 bits per heavy atom. The number of amides is 1. The van der Waals surface area contributed by atoms with Gasteiger partial charge in [-0.15, -0.1) is 16.4 Å². The number of hydrogen-bond acceptors (Lipinski definition) is 6. The van der Waals surface area contributed by atoms with Crippen molar-refractivity contribution in [1.29, 1.82) is 0 Å². The summed E-state index contributed by atoms with van der Waals surface area (Å²) in [5.41, 5.74) is 0.714. The molecule has 0 aliphatic carbocycles. The van der Waals surface area contributed by atoms with E-state index in [0.29, 0.717) is 17.2 Å². The minimum Gasteiger partial charge on any atom is -0.497 e. The van der Waals surface area contributed by atoms with Crippen LogP contribution in [0.4, 0.5) is 6.01 Å². The normalized spacial score (nSPS) is 10.8. The van der Waals surface area contributed by atoms with E-state index in [2.05, 4.69) is 15.5 Å². The molecule has 0 bridgehead atoms. The van der Waals surface area contributed by atoms with E-state index >= 15 is 0 Å². The Hall–Kier alpha value is -2.93. The summed E-state index contributed by atoms with van der Waals surface area (Å²) in [6, 6.07) is 11.1. The average Bonchev–Trinajstić information content (AvgIpc) is 3.25. The minimum absolute atomic E-state index is 0.0450. The van der Waals surface area contributed by atoms with Crippen molar-refractivity contribution < 1.29 is 13.9 Å². The number of rotatable bonds is 5. The smallest absolute Gasteiger partial charge is 0.322 e.